The van der Waals surface area contributed by atoms with Crippen molar-refractivity contribution in [1.82, 2.24) is 5.32 Å². The average molecular weight is 468 g/mol. The smallest absolute Gasteiger partial charge is 0.308 e. The van der Waals surface area contributed by atoms with Crippen molar-refractivity contribution in [3.05, 3.63) is 0 Å². The van der Waals surface area contributed by atoms with Crippen molar-refractivity contribution < 1.29 is 38.3 Å². The summed E-state index contributed by atoms with van der Waals surface area (Å²) < 4.78 is 23.8. The first kappa shape index (κ1) is 23.5. The van der Waals surface area contributed by atoms with Gasteiger partial charge in [0.05, 0.1) is 12.5 Å². The van der Waals surface area contributed by atoms with Crippen LogP contribution in [0.2, 0.25) is 0 Å². The van der Waals surface area contributed by atoms with Crippen LogP contribution in [0.1, 0.15) is 72.1 Å². The summed E-state index contributed by atoms with van der Waals surface area (Å²) in [5.74, 6) is -0.746. The van der Waals surface area contributed by atoms with Gasteiger partial charge in [-0.15, -0.1) is 0 Å². The molecule has 33 heavy (non-hydrogen) atoms. The summed E-state index contributed by atoms with van der Waals surface area (Å²) in [6, 6.07) is 0. The molecule has 5 aliphatic heterocycles. The summed E-state index contributed by atoms with van der Waals surface area (Å²) in [5, 5.41) is 2.84. The average Bonchev–Trinajstić information content (AvgIpc) is 3.21. The molecule has 0 radical (unpaired) electrons. The molecule has 1 N–H and O–H groups in total. The molecule has 2 bridgehead atoms. The van der Waals surface area contributed by atoms with Gasteiger partial charge in [0, 0.05) is 37.8 Å². The van der Waals surface area contributed by atoms with Gasteiger partial charge in [-0.3, -0.25) is 9.59 Å². The van der Waals surface area contributed by atoms with Gasteiger partial charge in [-0.25, -0.2) is 9.78 Å². The lowest BCUT2D eigenvalue weighted by molar-refractivity contribution is -0.576. The third-order valence-corrected chi connectivity index (χ3v) is 8.45. The van der Waals surface area contributed by atoms with E-state index in [2.05, 4.69) is 12.2 Å². The highest BCUT2D eigenvalue weighted by Crippen LogP contribution is 2.60. The molecule has 1 aliphatic carbocycles. The van der Waals surface area contributed by atoms with Crippen LogP contribution in [0.5, 0.6) is 0 Å². The standard InChI is InChI=1S/C24H37NO8/c1-14-6-7-18-15(2)21(29-20(27)9-8-19(26)25-13-16-5-4-12-28-16)30-22-24(18)17(14)10-11-23(3,31-22)32-33-24/h14-18,21-22H,4-13H2,1-3H3,(H,25,26)/t14-,15-,16+,17+,18+,21-,22-,23+,24+/m1/s1. The molecule has 6 rings (SSSR count). The topological polar surface area (TPSA) is 102 Å². The third-order valence-electron chi connectivity index (χ3n) is 8.45. The molecule has 5 heterocycles. The molecule has 9 nitrogen and oxygen atoms in total. The lowest BCUT2D eigenvalue weighted by Gasteiger charge is -2.59. The van der Waals surface area contributed by atoms with E-state index < -0.39 is 29.9 Å². The zero-order valence-electron chi connectivity index (χ0n) is 19.9. The van der Waals surface area contributed by atoms with Crippen molar-refractivity contribution in [3.63, 3.8) is 0 Å². The van der Waals surface area contributed by atoms with Crippen LogP contribution >= 0.6 is 0 Å². The summed E-state index contributed by atoms with van der Waals surface area (Å²) in [4.78, 5) is 36.6. The van der Waals surface area contributed by atoms with Crippen LogP contribution < -0.4 is 5.32 Å². The molecule has 1 saturated carbocycles. The number of rotatable bonds is 6. The highest BCUT2D eigenvalue weighted by atomic mass is 17.3. The quantitative estimate of drug-likeness (QED) is 0.470. The number of esters is 1. The molecule has 1 amide bonds. The van der Waals surface area contributed by atoms with Crippen LogP contribution in [-0.4, -0.2) is 55.1 Å². The Morgan fingerprint density at radius 3 is 2.70 bits per heavy atom. The predicted octanol–water partition coefficient (Wildman–Crippen LogP) is 2.81. The number of amides is 1. The molecule has 0 unspecified atom stereocenters. The minimum atomic E-state index is -0.867. The molecule has 6 aliphatic rings. The monoisotopic (exact) mass is 467 g/mol. The van der Waals surface area contributed by atoms with Crippen LogP contribution in [0, 0.1) is 23.7 Å². The van der Waals surface area contributed by atoms with Crippen molar-refractivity contribution in [3.8, 4) is 0 Å². The maximum Gasteiger partial charge on any atom is 0.308 e. The second-order valence-electron chi connectivity index (χ2n) is 10.7. The number of ether oxygens (including phenoxy) is 4. The van der Waals surface area contributed by atoms with E-state index in [0.29, 0.717) is 12.5 Å². The fraction of sp³-hybridized carbons (Fsp3) is 0.917. The van der Waals surface area contributed by atoms with E-state index >= 15 is 0 Å². The third kappa shape index (κ3) is 4.31. The number of hydrogen-bond donors (Lipinski definition) is 1. The summed E-state index contributed by atoms with van der Waals surface area (Å²) in [5.41, 5.74) is -0.682. The fourth-order valence-electron chi connectivity index (χ4n) is 6.53. The highest BCUT2D eigenvalue weighted by Gasteiger charge is 2.69. The van der Waals surface area contributed by atoms with E-state index in [-0.39, 0.29) is 42.6 Å². The van der Waals surface area contributed by atoms with Gasteiger partial charge in [0.2, 0.25) is 18.0 Å². The Morgan fingerprint density at radius 1 is 1.06 bits per heavy atom. The van der Waals surface area contributed by atoms with E-state index in [9.17, 15) is 9.59 Å². The van der Waals surface area contributed by atoms with E-state index in [1.54, 1.807) is 0 Å². The highest BCUT2D eigenvalue weighted by molar-refractivity contribution is 5.81. The largest absolute Gasteiger partial charge is 0.435 e. The van der Waals surface area contributed by atoms with Crippen molar-refractivity contribution in [2.75, 3.05) is 13.2 Å². The van der Waals surface area contributed by atoms with Crippen LogP contribution in [-0.2, 0) is 38.3 Å². The molecule has 1 spiro atoms. The first-order chi connectivity index (χ1) is 15.8. The number of fused-ring (bicyclic) bond motifs is 2. The van der Waals surface area contributed by atoms with Crippen molar-refractivity contribution in [2.45, 2.75) is 102 Å². The van der Waals surface area contributed by atoms with Crippen LogP contribution in [0.25, 0.3) is 0 Å². The second kappa shape index (κ2) is 9.07. The SMILES string of the molecule is C[C@H]1[C@H](OC(=O)CCC(=O)NC[C@@H]2CCCO2)O[C@@H]2O[C@]3(C)CC[C@H]4[C@H](C)CC[C@@H]1[C@]24OO3. The number of carbonyl (C=O) groups is 2. The Kier molecular flexibility index (Phi) is 6.46. The molecule has 186 valence electrons. The number of hydrogen-bond acceptors (Lipinski definition) is 8. The minimum absolute atomic E-state index is 0.00224. The molecule has 0 aromatic rings. The summed E-state index contributed by atoms with van der Waals surface area (Å²) in [7, 11) is 0. The Morgan fingerprint density at radius 2 is 1.91 bits per heavy atom. The Hall–Kier alpha value is -1.26. The van der Waals surface area contributed by atoms with Crippen LogP contribution in [0.4, 0.5) is 0 Å². The molecule has 9 atom stereocenters. The first-order valence-corrected chi connectivity index (χ1v) is 12.6. The molecule has 5 saturated heterocycles. The van der Waals surface area contributed by atoms with Gasteiger partial charge in [0.15, 0.2) is 11.9 Å². The summed E-state index contributed by atoms with van der Waals surface area (Å²) >= 11 is 0. The lowest BCUT2D eigenvalue weighted by Crippen LogP contribution is -2.70. The molecule has 0 aromatic heterocycles. The number of nitrogens with one attached hydrogen (secondary N) is 1. The summed E-state index contributed by atoms with van der Waals surface area (Å²) in [6.07, 6.45) is 4.44. The Balaban J connectivity index is 1.20. The van der Waals surface area contributed by atoms with Crippen molar-refractivity contribution in [1.29, 1.82) is 0 Å². The van der Waals surface area contributed by atoms with Crippen LogP contribution in [0.15, 0.2) is 0 Å². The maximum atomic E-state index is 12.6. The number of carbonyl (C=O) groups excluding carboxylic acids is 2. The fourth-order valence-corrected chi connectivity index (χ4v) is 6.53. The molecule has 6 fully saturated rings. The van der Waals surface area contributed by atoms with Gasteiger partial charge in [0.25, 0.3) is 0 Å². The lowest BCUT2D eigenvalue weighted by atomic mass is 9.58. The van der Waals surface area contributed by atoms with E-state index in [0.717, 1.165) is 45.1 Å². The van der Waals surface area contributed by atoms with Gasteiger partial charge >= 0.3 is 5.97 Å². The van der Waals surface area contributed by atoms with E-state index in [1.165, 1.54) is 0 Å². The molecule has 0 aromatic carbocycles. The van der Waals surface area contributed by atoms with Gasteiger partial charge in [0.1, 0.15) is 0 Å². The summed E-state index contributed by atoms with van der Waals surface area (Å²) in [6.45, 7) is 7.40. The first-order valence-electron chi connectivity index (χ1n) is 12.6. The maximum absolute atomic E-state index is 12.6. The predicted molar refractivity (Wildman–Crippen MR) is 114 cm³/mol. The van der Waals surface area contributed by atoms with E-state index in [4.69, 9.17) is 28.7 Å². The molecular weight excluding hydrogens is 430 g/mol. The van der Waals surface area contributed by atoms with Gasteiger partial charge in [-0.2, -0.15) is 0 Å². The van der Waals surface area contributed by atoms with Crippen LogP contribution in [0.3, 0.4) is 0 Å². The minimum Gasteiger partial charge on any atom is -0.435 e. The van der Waals surface area contributed by atoms with Gasteiger partial charge < -0.3 is 24.3 Å². The second-order valence-corrected chi connectivity index (χ2v) is 10.7. The molecule has 9 heteroatoms. The van der Waals surface area contributed by atoms with Crippen molar-refractivity contribution in [2.24, 2.45) is 23.7 Å². The zero-order chi connectivity index (χ0) is 23.2. The normalized spacial score (nSPS) is 46.3. The molecular formula is C24H37NO8. The Labute approximate surface area is 195 Å². The Bertz CT molecular complexity index is 757. The van der Waals surface area contributed by atoms with Gasteiger partial charge in [-0.05, 0) is 50.9 Å². The van der Waals surface area contributed by atoms with E-state index in [1.807, 2.05) is 13.8 Å². The van der Waals surface area contributed by atoms with Gasteiger partial charge in [-0.1, -0.05) is 13.8 Å². The zero-order valence-corrected chi connectivity index (χ0v) is 19.9. The van der Waals surface area contributed by atoms with Crippen molar-refractivity contribution >= 4 is 11.9 Å².